The minimum Gasteiger partial charge on any atom is -0.455 e. The Morgan fingerprint density at radius 3 is 1.41 bits per heavy atom. The molecule has 0 saturated heterocycles. The van der Waals surface area contributed by atoms with Crippen LogP contribution in [0.15, 0.2) is 0 Å². The summed E-state index contributed by atoms with van der Waals surface area (Å²) in [5.41, 5.74) is 0. The minimum absolute atomic E-state index is 0.00161. The number of nitrogens with zero attached hydrogens (tertiary/aromatic N) is 1. The third-order valence-electron chi connectivity index (χ3n) is 6.76. The van der Waals surface area contributed by atoms with E-state index in [0.717, 1.165) is 44.3 Å². The van der Waals surface area contributed by atoms with E-state index in [9.17, 15) is 9.59 Å². The summed E-state index contributed by atoms with van der Waals surface area (Å²) < 4.78 is 12.6. The zero-order valence-corrected chi connectivity index (χ0v) is 29.0. The molecule has 0 rings (SSSR count). The number of unbranched alkanes of at least 4 members (excludes halogenated alkanes) is 3. The van der Waals surface area contributed by atoms with E-state index < -0.39 is 25.0 Å². The van der Waals surface area contributed by atoms with Crippen molar-refractivity contribution in [1.29, 1.82) is 0 Å². The van der Waals surface area contributed by atoms with E-state index in [1.807, 2.05) is 21.1 Å². The minimum atomic E-state index is -1.69. The molecule has 0 heterocycles. The molecule has 0 unspecified atom stereocenters. The summed E-state index contributed by atoms with van der Waals surface area (Å²) in [4.78, 5) is 24.8. The molecule has 0 radical (unpaired) electrons. The van der Waals surface area contributed by atoms with Crippen LogP contribution in [-0.4, -0.2) is 102 Å². The van der Waals surface area contributed by atoms with Gasteiger partial charge in [-0.1, -0.05) is 19.3 Å². The highest BCUT2D eigenvalue weighted by atomic mass is 28.4. The van der Waals surface area contributed by atoms with Gasteiger partial charge in [-0.25, -0.2) is 0 Å². The second-order valence-corrected chi connectivity index (χ2v) is 26.3. The number of hydrogen-bond acceptors (Lipinski definition) is 5. The zero-order valence-electron chi connectivity index (χ0n) is 26.0. The smallest absolute Gasteiger partial charge is 0.275 e. The van der Waals surface area contributed by atoms with E-state index in [-0.39, 0.29) is 11.8 Å². The number of nitrogens with one attached hydrogen (secondary N) is 3. The quantitative estimate of drug-likeness (QED) is 0.102. The second kappa shape index (κ2) is 17.9. The Bertz CT molecular complexity index is 662. The van der Waals surface area contributed by atoms with Crippen LogP contribution in [0.3, 0.4) is 0 Å². The predicted octanol–water partition coefficient (Wildman–Crippen LogP) is 4.13. The van der Waals surface area contributed by atoms with Gasteiger partial charge in [0, 0.05) is 20.2 Å². The summed E-state index contributed by atoms with van der Waals surface area (Å²) in [6.45, 7) is 16.9. The highest BCUT2D eigenvalue weighted by molar-refractivity contribution is 6.84. The molecule has 2 amide bonds. The normalized spacial score (nSPS) is 13.0. The summed E-state index contributed by atoms with van der Waals surface area (Å²) in [6.07, 6.45) is 6.52. The summed E-state index contributed by atoms with van der Waals surface area (Å²) in [7, 11) is 2.84. The molecule has 0 aromatic rings. The Labute approximate surface area is 232 Å². The fourth-order valence-electron chi connectivity index (χ4n) is 4.56. The predicted molar refractivity (Wildman–Crippen MR) is 164 cm³/mol. The van der Waals surface area contributed by atoms with E-state index in [4.69, 9.17) is 8.54 Å². The average molecular weight is 578 g/mol. The summed E-state index contributed by atoms with van der Waals surface area (Å²) in [6, 6.07) is 3.45. The van der Waals surface area contributed by atoms with Crippen LogP contribution in [0.1, 0.15) is 38.5 Å². The van der Waals surface area contributed by atoms with E-state index in [1.54, 1.807) is 7.11 Å². The highest BCUT2D eigenvalue weighted by Crippen LogP contribution is 2.24. The van der Waals surface area contributed by atoms with Crippen LogP contribution in [0, 0.1) is 0 Å². The lowest BCUT2D eigenvalue weighted by Gasteiger charge is -2.34. The van der Waals surface area contributed by atoms with Crippen molar-refractivity contribution < 1.29 is 22.6 Å². The lowest BCUT2D eigenvalue weighted by molar-refractivity contribution is -0.874. The molecule has 0 bridgehead atoms. The van der Waals surface area contributed by atoms with Gasteiger partial charge in [0.2, 0.25) is 0 Å². The van der Waals surface area contributed by atoms with E-state index in [0.29, 0.717) is 30.7 Å². The Morgan fingerprint density at radius 2 is 1.03 bits per heavy atom. The van der Waals surface area contributed by atoms with Crippen molar-refractivity contribution in [2.75, 3.05) is 61.0 Å². The molecule has 8 nitrogen and oxygen atoms in total. The molecule has 0 aromatic heterocycles. The maximum atomic E-state index is 12.5. The number of hydrogen-bond donors (Lipinski definition) is 3. The van der Waals surface area contributed by atoms with Crippen molar-refractivity contribution in [1.82, 2.24) is 16.0 Å². The lowest BCUT2D eigenvalue weighted by atomic mass is 10.3. The monoisotopic (exact) mass is 577 g/mol. The number of amides is 2. The molecule has 220 valence electrons. The van der Waals surface area contributed by atoms with Crippen molar-refractivity contribution in [3.63, 3.8) is 0 Å². The standard InChI is InChI=1S/C26H60N4O4Si3/c1-27-17-11-14-21-36(7,8)34-37(9,10)22-16-13-19-29-26(32)24-30(2,3)23-25(31)28-18-12-15-20-35(5,6)33-4/h27H,11-24H2,1-10H3,(H-,28,29,31,32)/p+1. The average Bonchev–Trinajstić information content (AvgIpc) is 2.74. The first-order valence-electron chi connectivity index (χ1n) is 14.3. The zero-order chi connectivity index (χ0) is 28.6. The van der Waals surface area contributed by atoms with Crippen LogP contribution in [-0.2, 0) is 18.1 Å². The number of quaternary nitrogens is 1. The first-order valence-corrected chi connectivity index (χ1v) is 23.6. The molecular formula is C26H61N4O4Si3+. The summed E-state index contributed by atoms with van der Waals surface area (Å²) in [5, 5.41) is 9.27. The molecule has 0 atom stereocenters. The molecule has 0 aliphatic rings. The summed E-state index contributed by atoms with van der Waals surface area (Å²) >= 11 is 0. The number of carbonyl (C=O) groups excluding carboxylic acids is 2. The fourth-order valence-corrected chi connectivity index (χ4v) is 14.9. The van der Waals surface area contributed by atoms with Crippen molar-refractivity contribution in [2.45, 2.75) is 95.9 Å². The van der Waals surface area contributed by atoms with Gasteiger partial charge in [0.25, 0.3) is 11.8 Å². The Balaban J connectivity index is 4.12. The topological polar surface area (TPSA) is 88.7 Å². The van der Waals surface area contributed by atoms with Gasteiger partial charge >= 0.3 is 0 Å². The Kier molecular flexibility index (Phi) is 17.6. The Morgan fingerprint density at radius 1 is 0.649 bits per heavy atom. The number of likely N-dealkylation sites (N-methyl/N-ethyl adjacent to an activating group) is 1. The first kappa shape index (κ1) is 36.4. The van der Waals surface area contributed by atoms with Gasteiger partial charge in [0.1, 0.15) is 0 Å². The highest BCUT2D eigenvalue weighted by Gasteiger charge is 2.32. The van der Waals surface area contributed by atoms with Gasteiger partial charge in [-0.3, -0.25) is 9.59 Å². The van der Waals surface area contributed by atoms with Gasteiger partial charge in [-0.2, -0.15) is 0 Å². The van der Waals surface area contributed by atoms with Crippen LogP contribution in [0.5, 0.6) is 0 Å². The second-order valence-electron chi connectivity index (χ2n) is 13.0. The third-order valence-corrected chi connectivity index (χ3v) is 17.0. The number of rotatable bonds is 22. The van der Waals surface area contributed by atoms with Crippen LogP contribution in [0.2, 0.25) is 57.4 Å². The van der Waals surface area contributed by atoms with Crippen molar-refractivity contribution >= 4 is 36.8 Å². The fraction of sp³-hybridized carbons (Fsp3) is 0.923. The SMILES string of the molecule is CNCCCC[Si](C)(C)O[Si](C)(C)CCCCNC(=O)C[N+](C)(C)CC(=O)NCCCC[Si](C)(C)OC. The molecular weight excluding hydrogens is 517 g/mol. The van der Waals surface area contributed by atoms with Crippen molar-refractivity contribution in [3.8, 4) is 0 Å². The van der Waals surface area contributed by atoms with E-state index >= 15 is 0 Å². The van der Waals surface area contributed by atoms with Gasteiger partial charge in [0.15, 0.2) is 38.0 Å². The van der Waals surface area contributed by atoms with Gasteiger partial charge in [0.05, 0.1) is 14.1 Å². The maximum absolute atomic E-state index is 12.5. The van der Waals surface area contributed by atoms with Gasteiger partial charge in [-0.05, 0) is 90.3 Å². The first-order chi connectivity index (χ1) is 17.0. The van der Waals surface area contributed by atoms with Crippen molar-refractivity contribution in [2.24, 2.45) is 0 Å². The summed E-state index contributed by atoms with van der Waals surface area (Å²) in [5.74, 6) is 0.00848. The lowest BCUT2D eigenvalue weighted by Crippen LogP contribution is -2.52. The Hall–Kier alpha value is -0.569. The van der Waals surface area contributed by atoms with E-state index in [1.165, 1.54) is 18.9 Å². The number of carbonyl (C=O) groups is 2. The molecule has 0 spiro atoms. The molecule has 0 aromatic carbocycles. The van der Waals surface area contributed by atoms with Gasteiger partial charge < -0.3 is 29.0 Å². The largest absolute Gasteiger partial charge is 0.455 e. The molecule has 37 heavy (non-hydrogen) atoms. The maximum Gasteiger partial charge on any atom is 0.275 e. The third kappa shape index (κ3) is 21.0. The molecule has 0 fully saturated rings. The molecule has 3 N–H and O–H groups in total. The van der Waals surface area contributed by atoms with Gasteiger partial charge in [-0.15, -0.1) is 0 Å². The van der Waals surface area contributed by atoms with E-state index in [2.05, 4.69) is 55.2 Å². The van der Waals surface area contributed by atoms with Crippen LogP contribution < -0.4 is 16.0 Å². The molecule has 0 aliphatic heterocycles. The molecule has 11 heteroatoms. The van der Waals surface area contributed by atoms with Crippen LogP contribution in [0.25, 0.3) is 0 Å². The van der Waals surface area contributed by atoms with Crippen LogP contribution >= 0.6 is 0 Å². The molecule has 0 saturated carbocycles. The van der Waals surface area contributed by atoms with Crippen molar-refractivity contribution in [3.05, 3.63) is 0 Å². The van der Waals surface area contributed by atoms with Crippen LogP contribution in [0.4, 0.5) is 0 Å². The molecule has 0 aliphatic carbocycles.